The van der Waals surface area contributed by atoms with Crippen molar-refractivity contribution in [2.75, 3.05) is 29.7 Å². The number of anilines is 2. The van der Waals surface area contributed by atoms with E-state index in [4.69, 9.17) is 25.5 Å². The van der Waals surface area contributed by atoms with Gasteiger partial charge in [-0.25, -0.2) is 22.8 Å². The molecule has 2 N–H and O–H groups in total. The zero-order valence-electron chi connectivity index (χ0n) is 20.5. The van der Waals surface area contributed by atoms with Crippen molar-refractivity contribution < 1.29 is 46.2 Å². The zero-order chi connectivity index (χ0) is 29.4. The Hall–Kier alpha value is -4.78. The van der Waals surface area contributed by atoms with Gasteiger partial charge in [-0.15, -0.1) is 11.6 Å². The fourth-order valence-corrected chi connectivity index (χ4v) is 3.36. The molecule has 0 aliphatic rings. The summed E-state index contributed by atoms with van der Waals surface area (Å²) >= 11 is 5.48. The van der Waals surface area contributed by atoms with Crippen LogP contribution in [0.4, 0.5) is 34.1 Å². The lowest BCUT2D eigenvalue weighted by Crippen LogP contribution is -2.19. The Morgan fingerprint density at radius 2 is 1.68 bits per heavy atom. The van der Waals surface area contributed by atoms with Gasteiger partial charge in [-0.2, -0.15) is 0 Å². The highest BCUT2D eigenvalue weighted by Crippen LogP contribution is 2.34. The Balaban J connectivity index is 2.11. The van der Waals surface area contributed by atoms with E-state index in [1.165, 1.54) is 18.2 Å². The van der Waals surface area contributed by atoms with Gasteiger partial charge in [-0.1, -0.05) is 25.3 Å². The molecule has 3 aromatic rings. The average molecular weight is 581 g/mol. The van der Waals surface area contributed by atoms with Crippen molar-refractivity contribution >= 4 is 52.1 Å². The predicted octanol–water partition coefficient (Wildman–Crippen LogP) is 5.63. The second-order valence-electron chi connectivity index (χ2n) is 7.69. The molecule has 3 rings (SSSR count). The van der Waals surface area contributed by atoms with Crippen LogP contribution in [0.3, 0.4) is 0 Å². The van der Waals surface area contributed by atoms with Crippen molar-refractivity contribution in [3.8, 4) is 11.3 Å². The highest BCUT2D eigenvalue weighted by molar-refractivity contribution is 6.29. The number of carbonyl (C=O) groups excluding carboxylic acids is 3. The van der Waals surface area contributed by atoms with Gasteiger partial charge in [0.05, 0.1) is 22.3 Å². The number of amides is 2. The molecule has 210 valence electrons. The van der Waals surface area contributed by atoms with Gasteiger partial charge >= 0.3 is 12.2 Å². The van der Waals surface area contributed by atoms with Crippen molar-refractivity contribution in [1.29, 1.82) is 0 Å². The molecule has 0 bridgehead atoms. The molecule has 0 unspecified atom stereocenters. The van der Waals surface area contributed by atoms with Gasteiger partial charge in [0, 0.05) is 11.6 Å². The van der Waals surface area contributed by atoms with Crippen LogP contribution < -0.4 is 16.1 Å². The van der Waals surface area contributed by atoms with E-state index in [9.17, 15) is 23.6 Å². The summed E-state index contributed by atoms with van der Waals surface area (Å²) in [6.07, 6.45) is 0.305. The van der Waals surface area contributed by atoms with Gasteiger partial charge < -0.3 is 23.9 Å². The summed E-state index contributed by atoms with van der Waals surface area (Å²) < 4.78 is 65.0. The first-order valence-electron chi connectivity index (χ1n) is 11.2. The van der Waals surface area contributed by atoms with E-state index in [-0.39, 0.29) is 30.2 Å². The van der Waals surface area contributed by atoms with Crippen LogP contribution >= 0.6 is 11.6 Å². The summed E-state index contributed by atoms with van der Waals surface area (Å²) in [7, 11) is 0. The number of alkyl halides is 1. The first-order chi connectivity index (χ1) is 19.1. The largest absolute Gasteiger partial charge is 0.508 e. The first-order valence-corrected chi connectivity index (χ1v) is 11.7. The summed E-state index contributed by atoms with van der Waals surface area (Å²) in [4.78, 5) is 48.3. The van der Waals surface area contributed by atoms with Gasteiger partial charge in [-0.05, 0) is 18.2 Å². The molecule has 1 heterocycles. The lowest BCUT2D eigenvalue weighted by atomic mass is 10.1. The van der Waals surface area contributed by atoms with Crippen molar-refractivity contribution in [1.82, 2.24) is 0 Å². The number of benzene rings is 2. The lowest BCUT2D eigenvalue weighted by molar-refractivity contribution is -0.113. The molecule has 14 heteroatoms. The van der Waals surface area contributed by atoms with Crippen LogP contribution in [0.5, 0.6) is 0 Å². The summed E-state index contributed by atoms with van der Waals surface area (Å²) in [5.74, 6) is -5.75. The fraction of sp³-hybridized carbons (Fsp3) is 0.154. The Morgan fingerprint density at radius 3 is 2.33 bits per heavy atom. The highest BCUT2D eigenvalue weighted by atomic mass is 35.5. The third kappa shape index (κ3) is 6.80. The summed E-state index contributed by atoms with van der Waals surface area (Å²) in [5.41, 5.74) is -3.85. The number of hydrogen-bond donors (Lipinski definition) is 2. The summed E-state index contributed by atoms with van der Waals surface area (Å²) in [6, 6.07) is 4.07. The van der Waals surface area contributed by atoms with Crippen molar-refractivity contribution in [2.24, 2.45) is 0 Å². The summed E-state index contributed by atoms with van der Waals surface area (Å²) in [6.45, 7) is 5.35. The number of ether oxygens (including phenoxy) is 3. The van der Waals surface area contributed by atoms with Gasteiger partial charge in [-0.3, -0.25) is 14.9 Å². The average Bonchev–Trinajstić information content (AvgIpc) is 2.93. The minimum atomic E-state index is -1.43. The van der Waals surface area contributed by atoms with Gasteiger partial charge in [0.1, 0.15) is 37.3 Å². The normalized spacial score (nSPS) is 10.5. The fourth-order valence-electron chi connectivity index (χ4n) is 3.29. The van der Waals surface area contributed by atoms with Crippen molar-refractivity contribution in [3.63, 3.8) is 0 Å². The second kappa shape index (κ2) is 13.3. The molecule has 0 radical (unpaired) electrons. The Labute approximate surface area is 228 Å². The molecule has 0 aliphatic heterocycles. The van der Waals surface area contributed by atoms with Crippen LogP contribution in [0.25, 0.3) is 22.3 Å². The van der Waals surface area contributed by atoms with Crippen LogP contribution in [0.15, 0.2) is 58.8 Å². The SMILES string of the molecule is C=CCOC(=O)Nc1ccc(-c2cc(=O)c3c(NC(=O)CCl)c(F)c(COC(=O)OCC=C)c(F)c3o2)cc1F. The van der Waals surface area contributed by atoms with Crippen LogP contribution in [0.2, 0.25) is 0 Å². The highest BCUT2D eigenvalue weighted by Gasteiger charge is 2.27. The molecule has 0 saturated carbocycles. The molecule has 0 fully saturated rings. The minimum Gasteiger partial charge on any atom is -0.453 e. The lowest BCUT2D eigenvalue weighted by Gasteiger charge is -2.15. The van der Waals surface area contributed by atoms with Crippen LogP contribution in [-0.2, 0) is 25.6 Å². The van der Waals surface area contributed by atoms with Crippen LogP contribution in [-0.4, -0.2) is 37.2 Å². The molecule has 40 heavy (non-hydrogen) atoms. The van der Waals surface area contributed by atoms with E-state index in [1.54, 1.807) is 0 Å². The van der Waals surface area contributed by atoms with E-state index in [0.717, 1.165) is 18.2 Å². The molecule has 0 spiro atoms. The number of carbonyl (C=O) groups is 3. The van der Waals surface area contributed by atoms with Gasteiger partial charge in [0.25, 0.3) is 0 Å². The molecule has 1 aromatic heterocycles. The summed E-state index contributed by atoms with van der Waals surface area (Å²) in [5, 5.41) is 3.54. The molecular weight excluding hydrogens is 561 g/mol. The number of fused-ring (bicyclic) bond motifs is 1. The quantitative estimate of drug-likeness (QED) is 0.179. The molecule has 2 amide bonds. The topological polar surface area (TPSA) is 133 Å². The number of rotatable bonds is 10. The third-order valence-electron chi connectivity index (χ3n) is 5.01. The van der Waals surface area contributed by atoms with Crippen molar-refractivity contribution in [3.05, 3.63) is 82.8 Å². The molecule has 0 atom stereocenters. The maximum atomic E-state index is 15.5. The molecule has 0 saturated heterocycles. The van der Waals surface area contributed by atoms with E-state index in [1.807, 2.05) is 0 Å². The van der Waals surface area contributed by atoms with E-state index >= 15 is 8.78 Å². The van der Waals surface area contributed by atoms with Gasteiger partial charge in [0.2, 0.25) is 5.91 Å². The van der Waals surface area contributed by atoms with Gasteiger partial charge in [0.15, 0.2) is 22.6 Å². The number of halogens is 4. The molecule has 10 nitrogen and oxygen atoms in total. The first kappa shape index (κ1) is 29.8. The number of nitrogens with one attached hydrogen (secondary N) is 2. The molecule has 0 aliphatic carbocycles. The van der Waals surface area contributed by atoms with E-state index < -0.39 is 75.7 Å². The predicted molar refractivity (Wildman–Crippen MR) is 139 cm³/mol. The zero-order valence-corrected chi connectivity index (χ0v) is 21.2. The van der Waals surface area contributed by atoms with E-state index in [0.29, 0.717) is 0 Å². The number of hydrogen-bond acceptors (Lipinski definition) is 8. The van der Waals surface area contributed by atoms with E-state index in [2.05, 4.69) is 28.5 Å². The monoisotopic (exact) mass is 580 g/mol. The van der Waals surface area contributed by atoms with Crippen LogP contribution in [0.1, 0.15) is 5.56 Å². The Morgan fingerprint density at radius 1 is 0.975 bits per heavy atom. The standard InChI is InChI=1S/C26H20ClF3N2O8/c1-3-7-37-25(35)31-16-6-5-13(9-15(16)28)18-10-17(33)20-23(32-19(34)11-27)21(29)14(22(30)24(20)40-18)12-39-26(36)38-8-4-2/h3-6,9-10H,1-2,7-8,11-12H2,(H,31,35)(H,32,34). The Kier molecular flexibility index (Phi) is 9.92. The third-order valence-corrected chi connectivity index (χ3v) is 5.25. The molecule has 2 aromatic carbocycles. The van der Waals surface area contributed by atoms with Crippen molar-refractivity contribution in [2.45, 2.75) is 6.61 Å². The minimum absolute atomic E-state index is 0.0672. The Bertz CT molecular complexity index is 1560. The molecular formula is C26H20ClF3N2O8. The van der Waals surface area contributed by atoms with Crippen LogP contribution in [0, 0.1) is 17.5 Å². The smallest absolute Gasteiger partial charge is 0.453 e. The maximum absolute atomic E-state index is 15.5. The second-order valence-corrected chi connectivity index (χ2v) is 7.95. The maximum Gasteiger partial charge on any atom is 0.508 e.